The normalized spacial score (nSPS) is 11.4. The average Bonchev–Trinajstić information content (AvgIpc) is 2.39. The number of sulfonamides is 1. The van der Waals surface area contributed by atoms with Gasteiger partial charge in [-0.05, 0) is 18.2 Å². The van der Waals surface area contributed by atoms with Gasteiger partial charge in [-0.3, -0.25) is 4.72 Å². The van der Waals surface area contributed by atoms with Gasteiger partial charge in [-0.1, -0.05) is 6.07 Å². The Morgan fingerprint density at radius 1 is 1.05 bits per heavy atom. The molecule has 21 heavy (non-hydrogen) atoms. The standard InChI is InChI=1S/C12H8F3NO4S/c13-6-4-7(14)12(18)10(5-6)21(19,20)16-8-2-1-3-9(17)11(8)15/h1-5,16-18H. The molecule has 0 heterocycles. The van der Waals surface area contributed by atoms with E-state index in [0.29, 0.717) is 12.1 Å². The summed E-state index contributed by atoms with van der Waals surface area (Å²) in [6.07, 6.45) is 0. The van der Waals surface area contributed by atoms with E-state index < -0.39 is 49.6 Å². The van der Waals surface area contributed by atoms with E-state index in [4.69, 9.17) is 5.11 Å². The number of phenols is 2. The van der Waals surface area contributed by atoms with Gasteiger partial charge in [0, 0.05) is 6.07 Å². The molecule has 0 saturated carbocycles. The van der Waals surface area contributed by atoms with Gasteiger partial charge < -0.3 is 10.2 Å². The van der Waals surface area contributed by atoms with Crippen molar-refractivity contribution in [1.82, 2.24) is 0 Å². The predicted octanol–water partition coefficient (Wildman–Crippen LogP) is 2.32. The van der Waals surface area contributed by atoms with Crippen molar-refractivity contribution < 1.29 is 31.8 Å². The van der Waals surface area contributed by atoms with Crippen LogP contribution in [0.3, 0.4) is 0 Å². The van der Waals surface area contributed by atoms with Crippen LogP contribution in [-0.4, -0.2) is 18.6 Å². The Morgan fingerprint density at radius 2 is 1.71 bits per heavy atom. The number of anilines is 1. The maximum atomic E-state index is 13.5. The van der Waals surface area contributed by atoms with Gasteiger partial charge in [0.1, 0.15) is 10.7 Å². The minimum Gasteiger partial charge on any atom is -0.505 e. The molecule has 0 aromatic heterocycles. The molecule has 0 amide bonds. The first-order valence-electron chi connectivity index (χ1n) is 5.40. The van der Waals surface area contributed by atoms with Gasteiger partial charge >= 0.3 is 0 Å². The van der Waals surface area contributed by atoms with E-state index in [-0.39, 0.29) is 0 Å². The number of hydrogen-bond acceptors (Lipinski definition) is 4. The lowest BCUT2D eigenvalue weighted by molar-refractivity contribution is 0.412. The molecule has 0 saturated heterocycles. The lowest BCUT2D eigenvalue weighted by Gasteiger charge is -2.11. The molecule has 0 bridgehead atoms. The zero-order valence-corrected chi connectivity index (χ0v) is 11.0. The highest BCUT2D eigenvalue weighted by atomic mass is 32.2. The first kappa shape index (κ1) is 15.0. The number of phenolic OH excluding ortho intramolecular Hbond substituents is 2. The fraction of sp³-hybridized carbons (Fsp3) is 0. The van der Waals surface area contributed by atoms with Crippen LogP contribution < -0.4 is 4.72 Å². The number of nitrogens with one attached hydrogen (secondary N) is 1. The number of hydrogen-bond donors (Lipinski definition) is 3. The van der Waals surface area contributed by atoms with Crippen molar-refractivity contribution in [2.75, 3.05) is 4.72 Å². The van der Waals surface area contributed by atoms with Crippen LogP contribution in [0.25, 0.3) is 0 Å². The largest absolute Gasteiger partial charge is 0.505 e. The van der Waals surface area contributed by atoms with Crippen LogP contribution in [0.5, 0.6) is 11.5 Å². The van der Waals surface area contributed by atoms with Crippen LogP contribution in [0.2, 0.25) is 0 Å². The summed E-state index contributed by atoms with van der Waals surface area (Å²) in [7, 11) is -4.66. The van der Waals surface area contributed by atoms with Crippen LogP contribution in [0.4, 0.5) is 18.9 Å². The Balaban J connectivity index is 2.51. The highest BCUT2D eigenvalue weighted by molar-refractivity contribution is 7.92. The van der Waals surface area contributed by atoms with Crippen LogP contribution in [-0.2, 0) is 10.0 Å². The lowest BCUT2D eigenvalue weighted by Crippen LogP contribution is -2.15. The number of benzene rings is 2. The van der Waals surface area contributed by atoms with Crippen molar-refractivity contribution in [3.05, 3.63) is 47.8 Å². The SMILES string of the molecule is O=S(=O)(Nc1cccc(O)c1F)c1cc(F)cc(F)c1O. The topological polar surface area (TPSA) is 86.6 Å². The van der Waals surface area contributed by atoms with Gasteiger partial charge in [0.15, 0.2) is 23.1 Å². The molecule has 0 unspecified atom stereocenters. The number of halogens is 3. The van der Waals surface area contributed by atoms with Crippen LogP contribution >= 0.6 is 0 Å². The fourth-order valence-corrected chi connectivity index (χ4v) is 2.72. The van der Waals surface area contributed by atoms with Crippen molar-refractivity contribution in [3.8, 4) is 11.5 Å². The van der Waals surface area contributed by atoms with E-state index in [1.165, 1.54) is 0 Å². The molecule has 2 aromatic carbocycles. The van der Waals surface area contributed by atoms with Gasteiger partial charge in [0.25, 0.3) is 10.0 Å². The average molecular weight is 319 g/mol. The summed E-state index contributed by atoms with van der Waals surface area (Å²) in [5.41, 5.74) is -0.640. The molecule has 112 valence electrons. The lowest BCUT2D eigenvalue weighted by atomic mass is 10.3. The van der Waals surface area contributed by atoms with Gasteiger partial charge in [0.2, 0.25) is 0 Å². The highest BCUT2D eigenvalue weighted by Crippen LogP contribution is 2.30. The first-order chi connectivity index (χ1) is 9.72. The van der Waals surface area contributed by atoms with Crippen LogP contribution in [0.1, 0.15) is 0 Å². The Morgan fingerprint density at radius 3 is 2.38 bits per heavy atom. The molecule has 0 aliphatic rings. The van der Waals surface area contributed by atoms with Crippen LogP contribution in [0, 0.1) is 17.5 Å². The molecule has 0 atom stereocenters. The molecular formula is C12H8F3NO4S. The van der Waals surface area contributed by atoms with Crippen molar-refractivity contribution >= 4 is 15.7 Å². The van der Waals surface area contributed by atoms with E-state index in [1.54, 1.807) is 4.72 Å². The Kier molecular flexibility index (Phi) is 3.69. The molecule has 0 spiro atoms. The second kappa shape index (κ2) is 5.17. The third-order valence-corrected chi connectivity index (χ3v) is 3.88. The van der Waals surface area contributed by atoms with E-state index in [1.807, 2.05) is 0 Å². The fourth-order valence-electron chi connectivity index (χ4n) is 1.55. The monoisotopic (exact) mass is 319 g/mol. The van der Waals surface area contributed by atoms with Crippen molar-refractivity contribution in [2.45, 2.75) is 4.90 Å². The van der Waals surface area contributed by atoms with Crippen molar-refractivity contribution in [1.29, 1.82) is 0 Å². The summed E-state index contributed by atoms with van der Waals surface area (Å²) in [5.74, 6) is -6.10. The Bertz CT molecular complexity index is 808. The number of rotatable bonds is 3. The van der Waals surface area contributed by atoms with E-state index in [2.05, 4.69) is 0 Å². The predicted molar refractivity (Wildman–Crippen MR) is 66.9 cm³/mol. The molecule has 0 aliphatic carbocycles. The molecule has 3 N–H and O–H groups in total. The second-order valence-electron chi connectivity index (χ2n) is 3.98. The third kappa shape index (κ3) is 2.87. The minimum absolute atomic E-state index is 0.295. The molecule has 0 aliphatic heterocycles. The molecule has 2 rings (SSSR count). The van der Waals surface area contributed by atoms with Crippen molar-refractivity contribution in [2.24, 2.45) is 0 Å². The molecule has 0 radical (unpaired) electrons. The maximum absolute atomic E-state index is 13.5. The molecule has 0 fully saturated rings. The summed E-state index contributed by atoms with van der Waals surface area (Å²) < 4.78 is 65.3. The van der Waals surface area contributed by atoms with Crippen LogP contribution in [0.15, 0.2) is 35.2 Å². The Labute approximate surface area is 117 Å². The quantitative estimate of drug-likeness (QED) is 0.810. The minimum atomic E-state index is -4.66. The Hall–Kier alpha value is -2.42. The summed E-state index contributed by atoms with van der Waals surface area (Å²) in [4.78, 5) is -1.09. The van der Waals surface area contributed by atoms with Gasteiger partial charge in [-0.15, -0.1) is 0 Å². The zero-order chi connectivity index (χ0) is 15.8. The molecule has 5 nitrogen and oxygen atoms in total. The molecule has 9 heteroatoms. The van der Waals surface area contributed by atoms with E-state index in [0.717, 1.165) is 18.2 Å². The second-order valence-corrected chi connectivity index (χ2v) is 5.63. The summed E-state index contributed by atoms with van der Waals surface area (Å²) in [5, 5.41) is 18.5. The first-order valence-corrected chi connectivity index (χ1v) is 6.89. The maximum Gasteiger partial charge on any atom is 0.265 e. The van der Waals surface area contributed by atoms with Gasteiger partial charge in [-0.25, -0.2) is 21.6 Å². The summed E-state index contributed by atoms with van der Waals surface area (Å²) in [6, 6.07) is 3.79. The highest BCUT2D eigenvalue weighted by Gasteiger charge is 2.24. The molecular weight excluding hydrogens is 311 g/mol. The van der Waals surface area contributed by atoms with Gasteiger partial charge in [-0.2, -0.15) is 0 Å². The zero-order valence-electron chi connectivity index (χ0n) is 10.1. The third-order valence-electron chi connectivity index (χ3n) is 2.51. The number of aromatic hydroxyl groups is 2. The summed E-state index contributed by atoms with van der Waals surface area (Å²) in [6.45, 7) is 0. The molecule has 2 aromatic rings. The van der Waals surface area contributed by atoms with Gasteiger partial charge in [0.05, 0.1) is 5.69 Å². The van der Waals surface area contributed by atoms with E-state index in [9.17, 15) is 26.7 Å². The van der Waals surface area contributed by atoms with E-state index >= 15 is 0 Å². The van der Waals surface area contributed by atoms with Crippen molar-refractivity contribution in [3.63, 3.8) is 0 Å². The summed E-state index contributed by atoms with van der Waals surface area (Å²) >= 11 is 0. The smallest absolute Gasteiger partial charge is 0.265 e.